The van der Waals surface area contributed by atoms with Gasteiger partial charge in [0, 0.05) is 37.1 Å². The number of benzene rings is 3. The van der Waals surface area contributed by atoms with Crippen LogP contribution < -0.4 is 15.5 Å². The number of nitrogens with zero attached hydrogens (tertiary/aromatic N) is 3. The molecule has 1 aromatic heterocycles. The Morgan fingerprint density at radius 2 is 1.61 bits per heavy atom. The lowest BCUT2D eigenvalue weighted by Crippen LogP contribution is -2.41. The molecule has 6 nitrogen and oxygen atoms in total. The second-order valence-electron chi connectivity index (χ2n) is 10.3. The zero-order valence-electron chi connectivity index (χ0n) is 22.1. The molecule has 0 bridgehead atoms. The van der Waals surface area contributed by atoms with Crippen molar-refractivity contribution >= 4 is 28.6 Å². The van der Waals surface area contributed by atoms with Crippen molar-refractivity contribution in [1.82, 2.24) is 15.3 Å². The van der Waals surface area contributed by atoms with Crippen LogP contribution in [0.5, 0.6) is 0 Å². The average Bonchev–Trinajstić information content (AvgIpc) is 2.93. The highest BCUT2D eigenvalue weighted by Gasteiger charge is 2.26. The molecule has 1 saturated carbocycles. The Bertz CT molecular complexity index is 1420. The molecule has 196 valence electrons. The minimum Gasteiger partial charge on any atom is -0.362 e. The molecule has 3 aromatic carbocycles. The third kappa shape index (κ3) is 5.62. The summed E-state index contributed by atoms with van der Waals surface area (Å²) in [5, 5.41) is 7.73. The number of hydrogen-bond donors (Lipinski definition) is 2. The molecule has 1 aliphatic carbocycles. The smallest absolute Gasteiger partial charge is 0.227 e. The normalized spacial score (nSPS) is 18.1. The highest BCUT2D eigenvalue weighted by molar-refractivity contribution is 5.90. The van der Waals surface area contributed by atoms with Gasteiger partial charge in [-0.05, 0) is 61.9 Å². The summed E-state index contributed by atoms with van der Waals surface area (Å²) in [6.45, 7) is 1.83. The molecule has 7 heteroatoms. The summed E-state index contributed by atoms with van der Waals surface area (Å²) in [5.41, 5.74) is 2.96. The molecular weight excluding hydrogens is 477 g/mol. The molecule has 5 rings (SSSR count). The Labute approximate surface area is 223 Å². The van der Waals surface area contributed by atoms with E-state index in [4.69, 9.17) is 9.97 Å². The van der Waals surface area contributed by atoms with Crippen molar-refractivity contribution in [1.29, 1.82) is 0 Å². The van der Waals surface area contributed by atoms with Crippen molar-refractivity contribution in [3.05, 3.63) is 84.2 Å². The van der Waals surface area contributed by atoms with E-state index in [1.807, 2.05) is 86.6 Å². The van der Waals surface area contributed by atoms with E-state index in [1.165, 1.54) is 6.07 Å². The lowest BCUT2D eigenvalue weighted by molar-refractivity contribution is -0.123. The molecule has 0 saturated heterocycles. The molecule has 1 heterocycles. The highest BCUT2D eigenvalue weighted by Crippen LogP contribution is 2.28. The topological polar surface area (TPSA) is 70.2 Å². The summed E-state index contributed by atoms with van der Waals surface area (Å²) < 4.78 is 14.8. The van der Waals surface area contributed by atoms with Crippen LogP contribution in [0, 0.1) is 5.82 Å². The van der Waals surface area contributed by atoms with Gasteiger partial charge in [0.1, 0.15) is 11.6 Å². The van der Waals surface area contributed by atoms with Gasteiger partial charge < -0.3 is 15.5 Å². The van der Waals surface area contributed by atoms with Gasteiger partial charge >= 0.3 is 0 Å². The van der Waals surface area contributed by atoms with Gasteiger partial charge in [0.15, 0.2) is 0 Å². The molecule has 1 atom stereocenters. The quantitative estimate of drug-likeness (QED) is 0.312. The van der Waals surface area contributed by atoms with Crippen molar-refractivity contribution in [2.45, 2.75) is 50.6 Å². The molecule has 1 amide bonds. The van der Waals surface area contributed by atoms with Crippen LogP contribution in [-0.2, 0) is 4.79 Å². The van der Waals surface area contributed by atoms with Crippen molar-refractivity contribution in [3.63, 3.8) is 0 Å². The Kier molecular flexibility index (Phi) is 7.54. The number of amides is 1. The maximum Gasteiger partial charge on any atom is 0.227 e. The van der Waals surface area contributed by atoms with Crippen molar-refractivity contribution in [3.8, 4) is 11.1 Å². The van der Waals surface area contributed by atoms with Crippen LogP contribution in [0.2, 0.25) is 0 Å². The van der Waals surface area contributed by atoms with Crippen molar-refractivity contribution in [2.75, 3.05) is 24.3 Å². The fourth-order valence-electron chi connectivity index (χ4n) is 5.16. The second kappa shape index (κ2) is 11.2. The minimum absolute atomic E-state index is 0.0678. The number of carbonyl (C=O) groups excluding carboxylic acids is 1. The van der Waals surface area contributed by atoms with E-state index in [1.54, 1.807) is 6.07 Å². The summed E-state index contributed by atoms with van der Waals surface area (Å²) in [6.07, 6.45) is 3.55. The van der Waals surface area contributed by atoms with Gasteiger partial charge in [0.2, 0.25) is 11.9 Å². The van der Waals surface area contributed by atoms with Crippen LogP contribution in [-0.4, -0.2) is 42.1 Å². The maximum absolute atomic E-state index is 14.8. The van der Waals surface area contributed by atoms with Gasteiger partial charge in [-0.25, -0.2) is 9.37 Å². The van der Waals surface area contributed by atoms with Crippen LogP contribution in [0.3, 0.4) is 0 Å². The van der Waals surface area contributed by atoms with Crippen LogP contribution >= 0.6 is 0 Å². The second-order valence-corrected chi connectivity index (χ2v) is 10.3. The number of anilines is 2. The molecule has 0 radical (unpaired) electrons. The van der Waals surface area contributed by atoms with Crippen LogP contribution in [0.25, 0.3) is 22.0 Å². The number of hydrogen-bond acceptors (Lipinski definition) is 5. The first-order valence-electron chi connectivity index (χ1n) is 13.2. The van der Waals surface area contributed by atoms with Crippen LogP contribution in [0.15, 0.2) is 72.8 Å². The molecule has 4 aromatic rings. The van der Waals surface area contributed by atoms with Crippen LogP contribution in [0.1, 0.15) is 44.1 Å². The first-order valence-corrected chi connectivity index (χ1v) is 13.2. The number of fused-ring (bicyclic) bond motifs is 1. The lowest BCUT2D eigenvalue weighted by atomic mass is 9.90. The molecule has 0 aliphatic heterocycles. The minimum atomic E-state index is -0.430. The van der Waals surface area contributed by atoms with E-state index < -0.39 is 5.92 Å². The summed E-state index contributed by atoms with van der Waals surface area (Å²) in [5.74, 6) is 0.714. The molecule has 38 heavy (non-hydrogen) atoms. The van der Waals surface area contributed by atoms with Gasteiger partial charge in [-0.3, -0.25) is 4.79 Å². The first kappa shape index (κ1) is 25.6. The van der Waals surface area contributed by atoms with Gasteiger partial charge in [-0.2, -0.15) is 4.98 Å². The predicted molar refractivity (Wildman–Crippen MR) is 152 cm³/mol. The first-order chi connectivity index (χ1) is 18.4. The maximum atomic E-state index is 14.8. The zero-order valence-corrected chi connectivity index (χ0v) is 22.1. The number of para-hydroxylation sites is 1. The third-order valence-corrected chi connectivity index (χ3v) is 7.38. The van der Waals surface area contributed by atoms with E-state index in [-0.39, 0.29) is 23.8 Å². The van der Waals surface area contributed by atoms with Crippen LogP contribution in [0.4, 0.5) is 16.2 Å². The SMILES string of the molecule is CC(C(=O)NC1CCC(Nc2nc(N(C)C)c3ccccc3n2)CC1)c1ccc(-c2ccccc2)c(F)c1. The molecular formula is C31H34FN5O. The monoisotopic (exact) mass is 511 g/mol. The van der Waals surface area contributed by atoms with E-state index in [0.717, 1.165) is 48.0 Å². The van der Waals surface area contributed by atoms with E-state index in [9.17, 15) is 9.18 Å². The molecule has 0 spiro atoms. The van der Waals surface area contributed by atoms with Gasteiger partial charge in [0.05, 0.1) is 11.4 Å². The Hall–Kier alpha value is -4.00. The van der Waals surface area contributed by atoms with E-state index >= 15 is 0 Å². The Morgan fingerprint density at radius 1 is 0.921 bits per heavy atom. The molecule has 2 N–H and O–H groups in total. The fourth-order valence-corrected chi connectivity index (χ4v) is 5.16. The van der Waals surface area contributed by atoms with E-state index in [0.29, 0.717) is 17.1 Å². The molecule has 1 fully saturated rings. The zero-order chi connectivity index (χ0) is 26.6. The molecule has 1 unspecified atom stereocenters. The summed E-state index contributed by atoms with van der Waals surface area (Å²) >= 11 is 0. The Morgan fingerprint density at radius 3 is 2.32 bits per heavy atom. The van der Waals surface area contributed by atoms with Gasteiger partial charge in [-0.15, -0.1) is 0 Å². The summed E-state index contributed by atoms with van der Waals surface area (Å²) in [4.78, 5) is 24.5. The van der Waals surface area contributed by atoms with Gasteiger partial charge in [0.25, 0.3) is 0 Å². The number of rotatable bonds is 7. The van der Waals surface area contributed by atoms with Crippen molar-refractivity contribution < 1.29 is 9.18 Å². The summed E-state index contributed by atoms with van der Waals surface area (Å²) in [7, 11) is 3.97. The van der Waals surface area contributed by atoms with Gasteiger partial charge in [-0.1, -0.05) is 54.6 Å². The van der Waals surface area contributed by atoms with Crippen molar-refractivity contribution in [2.24, 2.45) is 0 Å². The fraction of sp³-hybridized carbons (Fsp3) is 0.323. The number of nitrogens with one attached hydrogen (secondary N) is 2. The largest absolute Gasteiger partial charge is 0.362 e. The standard InChI is InChI=1S/C31H34FN5O/c1-20(22-13-18-25(27(32)19-22)21-9-5-4-6-10-21)30(38)33-23-14-16-24(17-15-23)34-31-35-28-12-8-7-11-26(28)29(36-31)37(2)3/h4-13,18-20,23-24H,14-17H2,1-3H3,(H,33,38)(H,34,35,36). The average molecular weight is 512 g/mol. The summed E-state index contributed by atoms with van der Waals surface area (Å²) in [6, 6.07) is 22.9. The Balaban J connectivity index is 1.17. The predicted octanol–water partition coefficient (Wildman–Crippen LogP) is 6.14. The number of aromatic nitrogens is 2. The third-order valence-electron chi connectivity index (χ3n) is 7.38. The molecule has 1 aliphatic rings. The number of halogens is 1. The highest BCUT2D eigenvalue weighted by atomic mass is 19.1. The van der Waals surface area contributed by atoms with E-state index in [2.05, 4.69) is 10.6 Å². The lowest BCUT2D eigenvalue weighted by Gasteiger charge is -2.30. The number of carbonyl (C=O) groups is 1.